The van der Waals surface area contributed by atoms with Crippen molar-refractivity contribution in [2.75, 3.05) is 6.61 Å². The topological polar surface area (TPSA) is 128 Å². The number of nitrogens with one attached hydrogen (secondary N) is 1. The quantitative estimate of drug-likeness (QED) is 0.463. The molecule has 3 aliphatic heterocycles. The highest BCUT2D eigenvalue weighted by Crippen LogP contribution is 2.40. The zero-order valence-corrected chi connectivity index (χ0v) is 18.6. The van der Waals surface area contributed by atoms with Crippen LogP contribution in [0.1, 0.15) is 41.5 Å². The smallest absolute Gasteiger partial charge is 0.334 e. The molecule has 11 nitrogen and oxygen atoms in total. The molecule has 5 atom stereocenters. The predicted molar refractivity (Wildman–Crippen MR) is 107 cm³/mol. The average Bonchev–Trinajstić information content (AvgIpc) is 3.17. The first-order chi connectivity index (χ1) is 14.5. The highest BCUT2D eigenvalue weighted by molar-refractivity contribution is 5.93. The van der Waals surface area contributed by atoms with E-state index in [0.29, 0.717) is 0 Å². The Morgan fingerprint density at radius 2 is 1.84 bits per heavy atom. The number of amidine groups is 1. The number of esters is 1. The van der Waals surface area contributed by atoms with E-state index in [4.69, 9.17) is 23.8 Å². The standard InChI is InChI=1S/C20H31N3O8/c1-10(2)17(24)27-9-12-14-15(30-20(5,6)29-14)16(28-12)23-8-7-13(21-19(23)26)22-31-18(25)11(3)4/h7-8,10-12,14-16,19,26H,9H2,1-6H3,(H,21,22)/t12-,14-,15-,16-,19?/m1/s1. The lowest BCUT2D eigenvalue weighted by Gasteiger charge is -2.34. The van der Waals surface area contributed by atoms with Crippen molar-refractivity contribution in [1.82, 2.24) is 10.4 Å². The molecule has 0 aromatic heterocycles. The zero-order chi connectivity index (χ0) is 22.9. The van der Waals surface area contributed by atoms with Crippen molar-refractivity contribution in [3.8, 4) is 0 Å². The molecule has 0 aliphatic carbocycles. The summed E-state index contributed by atoms with van der Waals surface area (Å²) in [6, 6.07) is 0. The second-order valence-corrected chi connectivity index (χ2v) is 8.72. The molecule has 11 heteroatoms. The van der Waals surface area contributed by atoms with Crippen molar-refractivity contribution in [1.29, 1.82) is 0 Å². The van der Waals surface area contributed by atoms with Crippen molar-refractivity contribution < 1.29 is 38.5 Å². The Morgan fingerprint density at radius 1 is 1.19 bits per heavy atom. The minimum absolute atomic E-state index is 0.00297. The second kappa shape index (κ2) is 9.11. The van der Waals surface area contributed by atoms with Crippen molar-refractivity contribution >= 4 is 17.8 Å². The molecule has 2 N–H and O–H groups in total. The van der Waals surface area contributed by atoms with Gasteiger partial charge in [-0.3, -0.25) is 4.79 Å². The van der Waals surface area contributed by atoms with Crippen molar-refractivity contribution in [2.24, 2.45) is 16.8 Å². The number of hydrogen-bond acceptors (Lipinski definition) is 11. The lowest BCUT2D eigenvalue weighted by molar-refractivity contribution is -0.217. The van der Waals surface area contributed by atoms with E-state index in [1.165, 1.54) is 11.0 Å². The first-order valence-corrected chi connectivity index (χ1v) is 10.3. The number of hydrogen-bond donors (Lipinski definition) is 2. The zero-order valence-electron chi connectivity index (χ0n) is 18.6. The van der Waals surface area contributed by atoms with E-state index in [9.17, 15) is 14.7 Å². The molecule has 31 heavy (non-hydrogen) atoms. The molecule has 2 fully saturated rings. The summed E-state index contributed by atoms with van der Waals surface area (Å²) in [5, 5.41) is 10.5. The number of fused-ring (bicyclic) bond motifs is 1. The molecule has 2 saturated heterocycles. The Hall–Kier alpha value is -2.21. The highest BCUT2D eigenvalue weighted by Gasteiger charge is 2.57. The van der Waals surface area contributed by atoms with E-state index in [0.717, 1.165) is 0 Å². The Balaban J connectivity index is 1.67. The van der Waals surface area contributed by atoms with Gasteiger partial charge in [-0.15, -0.1) is 0 Å². The SMILES string of the molecule is CC(C)C(=O)OC[C@H]1O[C@@H](N2C=CC(NOC(=O)C(C)C)=NC2O)[C@@H]2OC(C)(C)O[C@@H]21. The van der Waals surface area contributed by atoms with E-state index < -0.39 is 42.6 Å². The maximum Gasteiger partial charge on any atom is 0.334 e. The Bertz CT molecular complexity index is 751. The largest absolute Gasteiger partial charge is 0.463 e. The summed E-state index contributed by atoms with van der Waals surface area (Å²) < 4.78 is 23.3. The van der Waals surface area contributed by atoms with Crippen molar-refractivity contribution in [3.05, 3.63) is 12.3 Å². The lowest BCUT2D eigenvalue weighted by atomic mass is 10.1. The van der Waals surface area contributed by atoms with Crippen LogP contribution < -0.4 is 5.48 Å². The molecule has 0 radical (unpaired) electrons. The number of aliphatic hydroxyl groups is 1. The number of aliphatic hydroxyl groups excluding tert-OH is 1. The van der Waals surface area contributed by atoms with E-state index in [-0.39, 0.29) is 30.2 Å². The summed E-state index contributed by atoms with van der Waals surface area (Å²) in [5.74, 6) is -2.04. The van der Waals surface area contributed by atoms with Crippen LogP contribution in [0.15, 0.2) is 17.3 Å². The maximum atomic E-state index is 11.9. The van der Waals surface area contributed by atoms with Crippen LogP contribution in [-0.4, -0.2) is 71.1 Å². The fourth-order valence-corrected chi connectivity index (χ4v) is 3.33. The molecule has 0 aromatic rings. The maximum absolute atomic E-state index is 11.9. The van der Waals surface area contributed by atoms with E-state index in [1.807, 2.05) is 0 Å². The first kappa shape index (κ1) is 23.5. The fourth-order valence-electron chi connectivity index (χ4n) is 3.33. The third-order valence-electron chi connectivity index (χ3n) is 4.93. The average molecular weight is 441 g/mol. The van der Waals surface area contributed by atoms with Crippen LogP contribution in [0.25, 0.3) is 0 Å². The number of carbonyl (C=O) groups is 2. The van der Waals surface area contributed by atoms with Crippen LogP contribution in [0, 0.1) is 11.8 Å². The second-order valence-electron chi connectivity index (χ2n) is 8.72. The molecule has 0 saturated carbocycles. The monoisotopic (exact) mass is 441 g/mol. The molecular weight excluding hydrogens is 410 g/mol. The predicted octanol–water partition coefficient (Wildman–Crippen LogP) is 0.638. The highest BCUT2D eigenvalue weighted by atomic mass is 16.8. The van der Waals surface area contributed by atoms with E-state index in [2.05, 4.69) is 10.5 Å². The minimum Gasteiger partial charge on any atom is -0.463 e. The number of rotatable bonds is 5. The van der Waals surface area contributed by atoms with Crippen LogP contribution >= 0.6 is 0 Å². The molecule has 1 unspecified atom stereocenters. The number of ether oxygens (including phenoxy) is 4. The van der Waals surface area contributed by atoms with Gasteiger partial charge in [0.1, 0.15) is 24.9 Å². The summed E-state index contributed by atoms with van der Waals surface area (Å²) in [4.78, 5) is 33.9. The number of carbonyl (C=O) groups excluding carboxylic acids is 2. The van der Waals surface area contributed by atoms with Gasteiger partial charge in [-0.1, -0.05) is 27.7 Å². The van der Waals surface area contributed by atoms with Gasteiger partial charge in [0.05, 0.1) is 11.8 Å². The molecule has 174 valence electrons. The van der Waals surface area contributed by atoms with Crippen LogP contribution in [0.5, 0.6) is 0 Å². The van der Waals surface area contributed by atoms with Crippen molar-refractivity contribution in [3.63, 3.8) is 0 Å². The van der Waals surface area contributed by atoms with E-state index >= 15 is 0 Å². The van der Waals surface area contributed by atoms with Gasteiger partial charge in [-0.2, -0.15) is 0 Å². The van der Waals surface area contributed by atoms with Gasteiger partial charge in [-0.05, 0) is 19.9 Å². The van der Waals surface area contributed by atoms with Gasteiger partial charge < -0.3 is 33.8 Å². The van der Waals surface area contributed by atoms with Gasteiger partial charge in [-0.25, -0.2) is 15.3 Å². The number of hydroxylamine groups is 1. The third kappa shape index (κ3) is 5.35. The van der Waals surface area contributed by atoms with Crippen molar-refractivity contribution in [2.45, 2.75) is 78.2 Å². The third-order valence-corrected chi connectivity index (χ3v) is 4.93. The summed E-state index contributed by atoms with van der Waals surface area (Å²) in [6.07, 6.45) is -0.565. The normalized spacial score (nSPS) is 31.6. The number of nitrogens with zero attached hydrogens (tertiary/aromatic N) is 2. The molecule has 0 bridgehead atoms. The van der Waals surface area contributed by atoms with Gasteiger partial charge in [0.2, 0.25) is 6.35 Å². The molecular formula is C20H31N3O8. The Labute approximate surface area is 181 Å². The number of aliphatic imine (C=N–C) groups is 1. The summed E-state index contributed by atoms with van der Waals surface area (Å²) in [7, 11) is 0. The van der Waals surface area contributed by atoms with Gasteiger partial charge in [0, 0.05) is 6.20 Å². The summed E-state index contributed by atoms with van der Waals surface area (Å²) in [6.45, 7) is 10.5. The van der Waals surface area contributed by atoms with Gasteiger partial charge in [0.25, 0.3) is 0 Å². The van der Waals surface area contributed by atoms with Crippen LogP contribution in [0.4, 0.5) is 0 Å². The molecule has 0 amide bonds. The van der Waals surface area contributed by atoms with E-state index in [1.54, 1.807) is 47.7 Å². The Morgan fingerprint density at radius 3 is 2.45 bits per heavy atom. The first-order valence-electron chi connectivity index (χ1n) is 10.3. The molecule has 0 spiro atoms. The van der Waals surface area contributed by atoms with Crippen LogP contribution in [-0.2, 0) is 33.4 Å². The van der Waals surface area contributed by atoms with Crippen LogP contribution in [0.2, 0.25) is 0 Å². The molecule has 3 aliphatic rings. The van der Waals surface area contributed by atoms with Crippen LogP contribution in [0.3, 0.4) is 0 Å². The van der Waals surface area contributed by atoms with Gasteiger partial charge >= 0.3 is 11.9 Å². The molecule has 3 rings (SSSR count). The molecule has 0 aromatic carbocycles. The summed E-state index contributed by atoms with van der Waals surface area (Å²) >= 11 is 0. The Kier molecular flexibility index (Phi) is 6.89. The van der Waals surface area contributed by atoms with Gasteiger partial charge in [0.15, 0.2) is 17.9 Å². The minimum atomic E-state index is -1.32. The summed E-state index contributed by atoms with van der Waals surface area (Å²) in [5.41, 5.74) is 2.43. The molecule has 3 heterocycles. The lowest BCUT2D eigenvalue weighted by Crippen LogP contribution is -2.48. The fraction of sp³-hybridized carbons (Fsp3) is 0.750.